The third kappa shape index (κ3) is 2.17. The van der Waals surface area contributed by atoms with Crippen LogP contribution >= 0.6 is 0 Å². The summed E-state index contributed by atoms with van der Waals surface area (Å²) >= 11 is 0. The highest BCUT2D eigenvalue weighted by atomic mass is 14.7. The number of para-hydroxylation sites is 1. The van der Waals surface area contributed by atoms with Gasteiger partial charge in [0.1, 0.15) is 0 Å². The van der Waals surface area contributed by atoms with Gasteiger partial charge in [0.25, 0.3) is 0 Å². The molecule has 5 aromatic carbocycles. The summed E-state index contributed by atoms with van der Waals surface area (Å²) in [6.07, 6.45) is 0. The average molecular weight is 355 g/mol. The summed E-state index contributed by atoms with van der Waals surface area (Å²) < 4.78 is 0. The Hall–Kier alpha value is -3.71. The van der Waals surface area contributed by atoms with E-state index in [1.165, 1.54) is 43.4 Å². The minimum Gasteiger partial charge on any atom is -0.248 e. The lowest BCUT2D eigenvalue weighted by atomic mass is 9.90. The first-order chi connectivity index (χ1) is 13.9. The van der Waals surface area contributed by atoms with E-state index in [0.29, 0.717) is 0 Å². The van der Waals surface area contributed by atoms with Crippen molar-refractivity contribution in [1.29, 1.82) is 0 Å². The number of hydrogen-bond acceptors (Lipinski definition) is 1. The first-order valence-corrected chi connectivity index (χ1v) is 9.58. The fourth-order valence-electron chi connectivity index (χ4n) is 4.39. The quantitative estimate of drug-likeness (QED) is 0.222. The lowest BCUT2D eigenvalue weighted by molar-refractivity contribution is 1.50. The highest BCUT2D eigenvalue weighted by Crippen LogP contribution is 2.41. The summed E-state index contributed by atoms with van der Waals surface area (Å²) in [5.41, 5.74) is 4.61. The van der Waals surface area contributed by atoms with Crippen molar-refractivity contribution < 1.29 is 0 Å². The molecule has 0 aliphatic rings. The van der Waals surface area contributed by atoms with Crippen molar-refractivity contribution in [1.82, 2.24) is 4.98 Å². The Labute approximate surface area is 162 Å². The highest BCUT2D eigenvalue weighted by Gasteiger charge is 2.15. The molecule has 1 heterocycles. The normalized spacial score (nSPS) is 11.6. The molecule has 1 aromatic heterocycles. The molecule has 0 aliphatic heterocycles. The summed E-state index contributed by atoms with van der Waals surface area (Å²) in [4.78, 5) is 4.99. The number of fused-ring (bicyclic) bond motifs is 5. The zero-order valence-electron chi connectivity index (χ0n) is 15.3. The number of nitrogens with zero attached hydrogens (tertiary/aromatic N) is 1. The van der Waals surface area contributed by atoms with Crippen LogP contribution in [0.25, 0.3) is 54.5 Å². The van der Waals surface area contributed by atoms with Crippen LogP contribution in [0, 0.1) is 0 Å². The van der Waals surface area contributed by atoms with Crippen LogP contribution in [0.15, 0.2) is 103 Å². The molecule has 1 nitrogen and oxygen atoms in total. The van der Waals surface area contributed by atoms with Crippen molar-refractivity contribution in [3.05, 3.63) is 103 Å². The van der Waals surface area contributed by atoms with Crippen molar-refractivity contribution in [3.8, 4) is 11.1 Å². The third-order valence-electron chi connectivity index (χ3n) is 5.63. The maximum Gasteiger partial charge on any atom is 0.0722 e. The summed E-state index contributed by atoms with van der Waals surface area (Å²) in [6, 6.07) is 36.6. The molecule has 130 valence electrons. The van der Waals surface area contributed by atoms with Crippen molar-refractivity contribution >= 4 is 43.4 Å². The van der Waals surface area contributed by atoms with E-state index in [1.807, 2.05) is 0 Å². The minimum absolute atomic E-state index is 1.04. The zero-order valence-corrected chi connectivity index (χ0v) is 15.3. The number of pyridine rings is 1. The topological polar surface area (TPSA) is 12.9 Å². The van der Waals surface area contributed by atoms with Crippen molar-refractivity contribution in [2.75, 3.05) is 0 Å². The molecule has 6 rings (SSSR count). The lowest BCUT2D eigenvalue weighted by Gasteiger charge is -2.15. The summed E-state index contributed by atoms with van der Waals surface area (Å²) in [7, 11) is 0. The first-order valence-electron chi connectivity index (χ1n) is 9.58. The summed E-state index contributed by atoms with van der Waals surface area (Å²) in [6.45, 7) is 0. The molecular formula is C27H17N. The SMILES string of the molecule is c1ccc2c(-c3c4ccccc4nc4ccc5ccccc5c34)cccc2c1. The monoisotopic (exact) mass is 355 g/mol. The van der Waals surface area contributed by atoms with Crippen LogP contribution in [0.1, 0.15) is 0 Å². The van der Waals surface area contributed by atoms with E-state index >= 15 is 0 Å². The molecule has 6 aromatic rings. The van der Waals surface area contributed by atoms with E-state index in [-0.39, 0.29) is 0 Å². The molecule has 0 saturated carbocycles. The summed E-state index contributed by atoms with van der Waals surface area (Å²) in [5, 5.41) is 7.45. The number of benzene rings is 5. The predicted octanol–water partition coefficient (Wildman–Crippen LogP) is 7.36. The first kappa shape index (κ1) is 15.4. The maximum atomic E-state index is 4.99. The largest absolute Gasteiger partial charge is 0.248 e. The molecule has 28 heavy (non-hydrogen) atoms. The Bertz CT molecular complexity index is 1510. The smallest absolute Gasteiger partial charge is 0.0722 e. The summed E-state index contributed by atoms with van der Waals surface area (Å²) in [5.74, 6) is 0. The fourth-order valence-corrected chi connectivity index (χ4v) is 4.39. The van der Waals surface area contributed by atoms with Gasteiger partial charge >= 0.3 is 0 Å². The van der Waals surface area contributed by atoms with E-state index in [0.717, 1.165) is 11.0 Å². The van der Waals surface area contributed by atoms with Gasteiger partial charge in [0.05, 0.1) is 11.0 Å². The van der Waals surface area contributed by atoms with E-state index < -0.39 is 0 Å². The average Bonchev–Trinajstić information content (AvgIpc) is 2.77. The van der Waals surface area contributed by atoms with Crippen LogP contribution in [0.2, 0.25) is 0 Å². The second kappa shape index (κ2) is 5.90. The van der Waals surface area contributed by atoms with Gasteiger partial charge in [-0.2, -0.15) is 0 Å². The van der Waals surface area contributed by atoms with Gasteiger partial charge in [0, 0.05) is 16.3 Å². The van der Waals surface area contributed by atoms with Crippen molar-refractivity contribution in [3.63, 3.8) is 0 Å². The Morgan fingerprint density at radius 1 is 0.429 bits per heavy atom. The van der Waals surface area contributed by atoms with Gasteiger partial charge in [-0.1, -0.05) is 91.0 Å². The predicted molar refractivity (Wildman–Crippen MR) is 120 cm³/mol. The third-order valence-corrected chi connectivity index (χ3v) is 5.63. The van der Waals surface area contributed by atoms with Crippen LogP contribution in [0.3, 0.4) is 0 Å². The van der Waals surface area contributed by atoms with E-state index in [4.69, 9.17) is 4.98 Å². The van der Waals surface area contributed by atoms with Crippen molar-refractivity contribution in [2.24, 2.45) is 0 Å². The lowest BCUT2D eigenvalue weighted by Crippen LogP contribution is -1.91. The second-order valence-electron chi connectivity index (χ2n) is 7.21. The van der Waals surface area contributed by atoms with Crippen LogP contribution in [-0.4, -0.2) is 4.98 Å². The Kier molecular flexibility index (Phi) is 3.24. The molecule has 0 saturated heterocycles. The molecular weight excluding hydrogens is 338 g/mol. The maximum absolute atomic E-state index is 4.99. The van der Waals surface area contributed by atoms with E-state index in [2.05, 4.69) is 103 Å². The van der Waals surface area contributed by atoms with Gasteiger partial charge in [0.2, 0.25) is 0 Å². The molecule has 0 radical (unpaired) electrons. The van der Waals surface area contributed by atoms with E-state index in [9.17, 15) is 0 Å². The molecule has 0 atom stereocenters. The van der Waals surface area contributed by atoms with E-state index in [1.54, 1.807) is 0 Å². The standard InChI is InChI=1S/C27H17N/c1-3-11-20-18(8-1)10-7-14-22(20)26-23-13-5-6-15-24(23)28-25-17-16-19-9-2-4-12-21(19)27(25)26/h1-17H. The molecule has 1 heteroatoms. The fraction of sp³-hybridized carbons (Fsp3) is 0. The molecule has 0 amide bonds. The number of hydrogen-bond donors (Lipinski definition) is 0. The van der Waals surface area contributed by atoms with Gasteiger partial charge in [-0.05, 0) is 39.2 Å². The molecule has 0 N–H and O–H groups in total. The Morgan fingerprint density at radius 3 is 1.93 bits per heavy atom. The van der Waals surface area contributed by atoms with Crippen LogP contribution < -0.4 is 0 Å². The number of aromatic nitrogens is 1. The van der Waals surface area contributed by atoms with Gasteiger partial charge in [0.15, 0.2) is 0 Å². The highest BCUT2D eigenvalue weighted by molar-refractivity contribution is 6.22. The van der Waals surface area contributed by atoms with Gasteiger partial charge in [-0.25, -0.2) is 4.98 Å². The molecule has 0 aliphatic carbocycles. The molecule has 0 unspecified atom stereocenters. The molecule has 0 bridgehead atoms. The van der Waals surface area contributed by atoms with Gasteiger partial charge in [-0.15, -0.1) is 0 Å². The van der Waals surface area contributed by atoms with Crippen LogP contribution in [0.4, 0.5) is 0 Å². The van der Waals surface area contributed by atoms with Gasteiger partial charge < -0.3 is 0 Å². The molecule has 0 fully saturated rings. The Morgan fingerprint density at radius 2 is 1.07 bits per heavy atom. The minimum atomic E-state index is 1.04. The second-order valence-corrected chi connectivity index (χ2v) is 7.21. The zero-order chi connectivity index (χ0) is 18.5. The van der Waals surface area contributed by atoms with Crippen LogP contribution in [-0.2, 0) is 0 Å². The van der Waals surface area contributed by atoms with Crippen molar-refractivity contribution in [2.45, 2.75) is 0 Å². The van der Waals surface area contributed by atoms with Crippen LogP contribution in [0.5, 0.6) is 0 Å². The van der Waals surface area contributed by atoms with Gasteiger partial charge in [-0.3, -0.25) is 0 Å². The Balaban J connectivity index is 1.93. The number of rotatable bonds is 1. The molecule has 0 spiro atoms.